The molecule has 1 aromatic heterocycles. The maximum absolute atomic E-state index is 12.5. The first-order valence-electron chi connectivity index (χ1n) is 8.17. The zero-order chi connectivity index (χ0) is 18.4. The van der Waals surface area contributed by atoms with Crippen molar-refractivity contribution in [1.29, 1.82) is 0 Å². The van der Waals surface area contributed by atoms with Crippen LogP contribution < -0.4 is 14.8 Å². The summed E-state index contributed by atoms with van der Waals surface area (Å²) < 4.78 is 15.7. The summed E-state index contributed by atoms with van der Waals surface area (Å²) in [5.41, 5.74) is 1.71. The van der Waals surface area contributed by atoms with E-state index in [1.54, 1.807) is 32.4 Å². The number of methoxy groups -OCH3 is 2. The summed E-state index contributed by atoms with van der Waals surface area (Å²) in [6, 6.07) is 16.3. The molecule has 0 bridgehead atoms. The van der Waals surface area contributed by atoms with Crippen LogP contribution in [-0.2, 0) is 4.74 Å². The molecule has 6 heteroatoms. The highest BCUT2D eigenvalue weighted by Gasteiger charge is 2.10. The molecule has 0 saturated carbocycles. The summed E-state index contributed by atoms with van der Waals surface area (Å²) in [6.45, 7) is 0.950. The predicted molar refractivity (Wildman–Crippen MR) is 100 cm³/mol. The van der Waals surface area contributed by atoms with Crippen LogP contribution >= 0.6 is 0 Å². The zero-order valence-electron chi connectivity index (χ0n) is 14.7. The van der Waals surface area contributed by atoms with E-state index < -0.39 is 0 Å². The number of aromatic nitrogens is 1. The fourth-order valence-corrected chi connectivity index (χ4v) is 2.46. The van der Waals surface area contributed by atoms with Gasteiger partial charge in [-0.15, -0.1) is 0 Å². The van der Waals surface area contributed by atoms with E-state index in [1.165, 1.54) is 0 Å². The third kappa shape index (κ3) is 4.29. The molecule has 0 unspecified atom stereocenters. The number of benzene rings is 2. The summed E-state index contributed by atoms with van der Waals surface area (Å²) in [4.78, 5) is 16.9. The van der Waals surface area contributed by atoms with Gasteiger partial charge in [0.2, 0.25) is 0 Å². The van der Waals surface area contributed by atoms with Crippen molar-refractivity contribution in [2.24, 2.45) is 0 Å². The summed E-state index contributed by atoms with van der Waals surface area (Å²) in [5, 5.41) is 3.75. The normalized spacial score (nSPS) is 10.5. The largest absolute Gasteiger partial charge is 0.497 e. The Hall–Kier alpha value is -3.12. The molecule has 0 atom stereocenters. The fourth-order valence-electron chi connectivity index (χ4n) is 2.46. The van der Waals surface area contributed by atoms with Crippen molar-refractivity contribution >= 4 is 22.5 Å². The second-order valence-corrected chi connectivity index (χ2v) is 5.58. The van der Waals surface area contributed by atoms with Crippen LogP contribution in [0, 0.1) is 0 Å². The lowest BCUT2D eigenvalue weighted by molar-refractivity contribution is 0.102. The smallest absolute Gasteiger partial charge is 0.274 e. The number of carbonyl (C=O) groups excluding carboxylic acids is 1. The molecule has 1 heterocycles. The molecule has 0 aliphatic rings. The number of carbonyl (C=O) groups is 1. The Morgan fingerprint density at radius 2 is 1.88 bits per heavy atom. The Labute approximate surface area is 151 Å². The molecule has 0 aliphatic heterocycles. The molecule has 0 radical (unpaired) electrons. The molecular weight excluding hydrogens is 332 g/mol. The summed E-state index contributed by atoms with van der Waals surface area (Å²) in [6.07, 6.45) is 0. The first kappa shape index (κ1) is 17.7. The van der Waals surface area contributed by atoms with Gasteiger partial charge in [0.15, 0.2) is 0 Å². The van der Waals surface area contributed by atoms with Gasteiger partial charge >= 0.3 is 0 Å². The predicted octanol–water partition coefficient (Wildman–Crippen LogP) is 3.52. The molecule has 2 aromatic carbocycles. The van der Waals surface area contributed by atoms with E-state index in [0.29, 0.717) is 30.3 Å². The Morgan fingerprint density at radius 3 is 2.69 bits per heavy atom. The minimum absolute atomic E-state index is 0.281. The monoisotopic (exact) mass is 352 g/mol. The number of amides is 1. The van der Waals surface area contributed by atoms with Gasteiger partial charge in [0.05, 0.1) is 19.2 Å². The van der Waals surface area contributed by atoms with E-state index >= 15 is 0 Å². The van der Waals surface area contributed by atoms with Crippen molar-refractivity contribution in [2.75, 3.05) is 32.8 Å². The maximum Gasteiger partial charge on any atom is 0.274 e. The first-order valence-corrected chi connectivity index (χ1v) is 8.17. The molecule has 1 N–H and O–H groups in total. The Bertz CT molecular complexity index is 911. The lowest BCUT2D eigenvalue weighted by Gasteiger charge is -2.09. The SMILES string of the molecule is COCCOc1cccc(NC(=O)c2ccc3cc(OC)ccc3n2)c1. The quantitative estimate of drug-likeness (QED) is 0.659. The van der Waals surface area contributed by atoms with Gasteiger partial charge in [-0.3, -0.25) is 4.79 Å². The van der Waals surface area contributed by atoms with Gasteiger partial charge in [0.1, 0.15) is 23.8 Å². The van der Waals surface area contributed by atoms with E-state index in [9.17, 15) is 4.79 Å². The van der Waals surface area contributed by atoms with Crippen molar-refractivity contribution in [1.82, 2.24) is 4.98 Å². The van der Waals surface area contributed by atoms with E-state index in [4.69, 9.17) is 14.2 Å². The summed E-state index contributed by atoms with van der Waals surface area (Å²) in [7, 11) is 3.23. The molecular formula is C20H20N2O4. The highest BCUT2D eigenvalue weighted by atomic mass is 16.5. The van der Waals surface area contributed by atoms with Crippen LogP contribution in [0.15, 0.2) is 54.6 Å². The third-order valence-corrected chi connectivity index (χ3v) is 3.78. The van der Waals surface area contributed by atoms with Crippen LogP contribution in [0.3, 0.4) is 0 Å². The van der Waals surface area contributed by atoms with Gasteiger partial charge in [-0.1, -0.05) is 12.1 Å². The maximum atomic E-state index is 12.5. The molecule has 0 saturated heterocycles. The van der Waals surface area contributed by atoms with Crippen LogP contribution in [0.1, 0.15) is 10.5 Å². The average Bonchev–Trinajstić information content (AvgIpc) is 2.67. The van der Waals surface area contributed by atoms with Crippen LogP contribution in [0.2, 0.25) is 0 Å². The van der Waals surface area contributed by atoms with E-state index in [1.807, 2.05) is 36.4 Å². The number of pyridine rings is 1. The van der Waals surface area contributed by atoms with E-state index in [0.717, 1.165) is 16.7 Å². The Kier molecular flexibility index (Phi) is 5.66. The van der Waals surface area contributed by atoms with E-state index in [2.05, 4.69) is 10.3 Å². The number of nitrogens with zero attached hydrogens (tertiary/aromatic N) is 1. The third-order valence-electron chi connectivity index (χ3n) is 3.78. The van der Waals surface area contributed by atoms with Gasteiger partial charge in [-0.25, -0.2) is 4.98 Å². The standard InChI is InChI=1S/C20H20N2O4/c1-24-10-11-26-17-5-3-4-15(13-17)21-20(23)19-8-6-14-12-16(25-2)7-9-18(14)22-19/h3-9,12-13H,10-11H2,1-2H3,(H,21,23). The lowest BCUT2D eigenvalue weighted by atomic mass is 10.2. The summed E-state index contributed by atoms with van der Waals surface area (Å²) >= 11 is 0. The molecule has 3 aromatic rings. The van der Waals surface area contributed by atoms with Gasteiger partial charge in [-0.2, -0.15) is 0 Å². The van der Waals surface area contributed by atoms with Crippen LogP contribution in [0.25, 0.3) is 10.9 Å². The second-order valence-electron chi connectivity index (χ2n) is 5.58. The lowest BCUT2D eigenvalue weighted by Crippen LogP contribution is -2.13. The molecule has 0 fully saturated rings. The number of fused-ring (bicyclic) bond motifs is 1. The number of hydrogen-bond acceptors (Lipinski definition) is 5. The molecule has 0 aliphatic carbocycles. The van der Waals surface area contributed by atoms with Crippen molar-refractivity contribution in [3.05, 3.63) is 60.3 Å². The van der Waals surface area contributed by atoms with Crippen molar-refractivity contribution in [2.45, 2.75) is 0 Å². The number of nitrogens with one attached hydrogen (secondary N) is 1. The minimum Gasteiger partial charge on any atom is -0.497 e. The van der Waals surface area contributed by atoms with Crippen LogP contribution in [0.5, 0.6) is 11.5 Å². The highest BCUT2D eigenvalue weighted by molar-refractivity contribution is 6.04. The Morgan fingerprint density at radius 1 is 1.00 bits per heavy atom. The summed E-state index contributed by atoms with van der Waals surface area (Å²) in [5.74, 6) is 1.14. The van der Waals surface area contributed by atoms with Gasteiger partial charge in [-0.05, 0) is 36.4 Å². The van der Waals surface area contributed by atoms with Crippen molar-refractivity contribution in [3.63, 3.8) is 0 Å². The van der Waals surface area contributed by atoms with E-state index in [-0.39, 0.29) is 5.91 Å². The van der Waals surface area contributed by atoms with Crippen LogP contribution in [-0.4, -0.2) is 38.3 Å². The number of ether oxygens (including phenoxy) is 3. The van der Waals surface area contributed by atoms with Gasteiger partial charge in [0.25, 0.3) is 5.91 Å². The fraction of sp³-hybridized carbons (Fsp3) is 0.200. The molecule has 1 amide bonds. The zero-order valence-corrected chi connectivity index (χ0v) is 14.7. The number of anilines is 1. The first-order chi connectivity index (χ1) is 12.7. The Balaban J connectivity index is 1.73. The van der Waals surface area contributed by atoms with Crippen LogP contribution in [0.4, 0.5) is 5.69 Å². The molecule has 0 spiro atoms. The van der Waals surface area contributed by atoms with Crippen molar-refractivity contribution in [3.8, 4) is 11.5 Å². The minimum atomic E-state index is -0.281. The second kappa shape index (κ2) is 8.31. The van der Waals surface area contributed by atoms with Gasteiger partial charge in [0, 0.05) is 24.2 Å². The topological polar surface area (TPSA) is 69.7 Å². The molecule has 26 heavy (non-hydrogen) atoms. The molecule has 6 nitrogen and oxygen atoms in total. The number of rotatable bonds is 7. The van der Waals surface area contributed by atoms with Crippen molar-refractivity contribution < 1.29 is 19.0 Å². The average molecular weight is 352 g/mol. The number of hydrogen-bond donors (Lipinski definition) is 1. The molecule has 3 rings (SSSR count). The van der Waals surface area contributed by atoms with Gasteiger partial charge < -0.3 is 19.5 Å². The highest BCUT2D eigenvalue weighted by Crippen LogP contribution is 2.21. The molecule has 134 valence electrons.